The second-order valence-electron chi connectivity index (χ2n) is 4.59. The molecule has 0 saturated heterocycles. The summed E-state index contributed by atoms with van der Waals surface area (Å²) >= 11 is 0. The van der Waals surface area contributed by atoms with Crippen molar-refractivity contribution in [1.29, 1.82) is 0 Å². The number of rotatable bonds is 4. The lowest BCUT2D eigenvalue weighted by Gasteiger charge is -2.10. The molecule has 0 aliphatic carbocycles. The number of ether oxygens (including phenoxy) is 1. The van der Waals surface area contributed by atoms with E-state index in [1.807, 2.05) is 0 Å². The Bertz CT molecular complexity index is 724. The molecule has 6 nitrogen and oxygen atoms in total. The second-order valence-corrected chi connectivity index (χ2v) is 4.59. The highest BCUT2D eigenvalue weighted by Gasteiger charge is 2.12. The lowest BCUT2D eigenvalue weighted by atomic mass is 10.1. The van der Waals surface area contributed by atoms with Crippen molar-refractivity contribution in [2.24, 2.45) is 0 Å². The van der Waals surface area contributed by atoms with Gasteiger partial charge in [-0.3, -0.25) is 10.1 Å². The van der Waals surface area contributed by atoms with Gasteiger partial charge in [0.2, 0.25) is 0 Å². The molecule has 0 fully saturated rings. The van der Waals surface area contributed by atoms with Gasteiger partial charge in [0.1, 0.15) is 11.5 Å². The van der Waals surface area contributed by atoms with Gasteiger partial charge < -0.3 is 9.84 Å². The topological polar surface area (TPSA) is 89.7 Å². The van der Waals surface area contributed by atoms with E-state index in [0.29, 0.717) is 17.1 Å². The number of nitro groups is 1. The molecule has 0 atom stereocenters. The first-order valence-electron chi connectivity index (χ1n) is 6.15. The average Bonchev–Trinajstić information content (AvgIpc) is 2.40. The maximum Gasteiger partial charge on any atom is 0.335 e. The number of aryl methyl sites for hydroxylation is 2. The standard InChI is InChI=1S/C15H13NO5/c1-9-3-4-11(16(19)20)8-14(9)21-12-5-6-13(15(17)18)10(2)7-12/h3-8H,1-2H3,(H,17,18). The van der Waals surface area contributed by atoms with Gasteiger partial charge in [-0.25, -0.2) is 4.79 Å². The number of carboxylic acid groups (broad SMARTS) is 1. The predicted octanol–water partition coefficient (Wildman–Crippen LogP) is 3.70. The van der Waals surface area contributed by atoms with E-state index in [-0.39, 0.29) is 11.3 Å². The summed E-state index contributed by atoms with van der Waals surface area (Å²) in [5.74, 6) is -0.210. The molecular formula is C15H13NO5. The van der Waals surface area contributed by atoms with Crippen molar-refractivity contribution < 1.29 is 19.6 Å². The molecule has 1 N–H and O–H groups in total. The molecule has 0 unspecified atom stereocenters. The third-order valence-corrected chi connectivity index (χ3v) is 3.04. The molecule has 0 aliphatic rings. The first-order chi connectivity index (χ1) is 9.88. The van der Waals surface area contributed by atoms with Gasteiger partial charge in [0.05, 0.1) is 16.6 Å². The molecule has 2 aromatic rings. The lowest BCUT2D eigenvalue weighted by molar-refractivity contribution is -0.384. The molecule has 108 valence electrons. The zero-order valence-corrected chi connectivity index (χ0v) is 11.5. The maximum absolute atomic E-state index is 10.9. The van der Waals surface area contributed by atoms with E-state index >= 15 is 0 Å². The summed E-state index contributed by atoms with van der Waals surface area (Å²) < 4.78 is 5.62. The molecule has 2 aromatic carbocycles. The van der Waals surface area contributed by atoms with Crippen LogP contribution in [0.15, 0.2) is 36.4 Å². The van der Waals surface area contributed by atoms with Gasteiger partial charge in [0.25, 0.3) is 5.69 Å². The summed E-state index contributed by atoms with van der Waals surface area (Å²) in [7, 11) is 0. The van der Waals surface area contributed by atoms with Crippen LogP contribution in [0.4, 0.5) is 5.69 Å². The highest BCUT2D eigenvalue weighted by molar-refractivity contribution is 5.89. The number of hydrogen-bond acceptors (Lipinski definition) is 4. The van der Waals surface area contributed by atoms with Gasteiger partial charge in [-0.1, -0.05) is 0 Å². The van der Waals surface area contributed by atoms with E-state index in [2.05, 4.69) is 0 Å². The maximum atomic E-state index is 10.9. The molecule has 0 amide bonds. The van der Waals surface area contributed by atoms with Crippen LogP contribution in [-0.4, -0.2) is 16.0 Å². The van der Waals surface area contributed by atoms with E-state index in [0.717, 1.165) is 5.56 Å². The Balaban J connectivity index is 2.34. The first kappa shape index (κ1) is 14.5. The minimum Gasteiger partial charge on any atom is -0.478 e. The van der Waals surface area contributed by atoms with Gasteiger partial charge in [-0.2, -0.15) is 0 Å². The fraction of sp³-hybridized carbons (Fsp3) is 0.133. The van der Waals surface area contributed by atoms with Crippen molar-refractivity contribution in [3.05, 3.63) is 63.2 Å². The first-order valence-corrected chi connectivity index (χ1v) is 6.15. The number of nitro benzene ring substituents is 1. The molecule has 0 heterocycles. The van der Waals surface area contributed by atoms with Crippen molar-refractivity contribution >= 4 is 11.7 Å². The number of hydrogen-bond donors (Lipinski definition) is 1. The third kappa shape index (κ3) is 3.17. The van der Waals surface area contributed by atoms with Crippen molar-refractivity contribution in [2.75, 3.05) is 0 Å². The molecule has 0 aliphatic heterocycles. The number of carbonyl (C=O) groups is 1. The Labute approximate surface area is 120 Å². The molecule has 0 bridgehead atoms. The van der Waals surface area contributed by atoms with Gasteiger partial charge in [-0.05, 0) is 49.2 Å². The summed E-state index contributed by atoms with van der Waals surface area (Å²) in [5, 5.41) is 19.7. The van der Waals surface area contributed by atoms with E-state index in [9.17, 15) is 14.9 Å². The zero-order valence-electron chi connectivity index (χ0n) is 11.5. The van der Waals surface area contributed by atoms with Crippen LogP contribution in [0.25, 0.3) is 0 Å². The minimum absolute atomic E-state index is 0.0607. The van der Waals surface area contributed by atoms with Gasteiger partial charge in [-0.15, -0.1) is 0 Å². The molecule has 21 heavy (non-hydrogen) atoms. The van der Waals surface area contributed by atoms with Crippen LogP contribution in [0.5, 0.6) is 11.5 Å². The summed E-state index contributed by atoms with van der Waals surface area (Å²) in [5.41, 5.74) is 1.44. The highest BCUT2D eigenvalue weighted by atomic mass is 16.6. The largest absolute Gasteiger partial charge is 0.478 e. The SMILES string of the molecule is Cc1ccc([N+](=O)[O-])cc1Oc1ccc(C(=O)O)c(C)c1. The summed E-state index contributed by atoms with van der Waals surface area (Å²) in [6.45, 7) is 3.44. The number of non-ortho nitro benzene ring substituents is 1. The van der Waals surface area contributed by atoms with Crippen LogP contribution >= 0.6 is 0 Å². The van der Waals surface area contributed by atoms with Crippen LogP contribution in [-0.2, 0) is 0 Å². The lowest BCUT2D eigenvalue weighted by Crippen LogP contribution is -1.99. The van der Waals surface area contributed by atoms with Crippen LogP contribution in [0, 0.1) is 24.0 Å². The smallest absolute Gasteiger partial charge is 0.335 e. The number of benzene rings is 2. The van der Waals surface area contributed by atoms with E-state index < -0.39 is 10.9 Å². The average molecular weight is 287 g/mol. The quantitative estimate of drug-likeness (QED) is 0.684. The number of nitrogens with zero attached hydrogens (tertiary/aromatic N) is 1. The Hall–Kier alpha value is -2.89. The zero-order chi connectivity index (χ0) is 15.6. The van der Waals surface area contributed by atoms with E-state index in [4.69, 9.17) is 9.84 Å². The fourth-order valence-corrected chi connectivity index (χ4v) is 1.88. The van der Waals surface area contributed by atoms with Crippen LogP contribution in [0.1, 0.15) is 21.5 Å². The van der Waals surface area contributed by atoms with Crippen LogP contribution in [0.3, 0.4) is 0 Å². The Kier molecular flexibility index (Phi) is 3.89. The highest BCUT2D eigenvalue weighted by Crippen LogP contribution is 2.29. The molecule has 6 heteroatoms. The van der Waals surface area contributed by atoms with Crippen molar-refractivity contribution in [1.82, 2.24) is 0 Å². The fourth-order valence-electron chi connectivity index (χ4n) is 1.88. The molecule has 0 aromatic heterocycles. The third-order valence-electron chi connectivity index (χ3n) is 3.04. The molecule has 0 saturated carbocycles. The Morgan fingerprint density at radius 3 is 2.43 bits per heavy atom. The summed E-state index contributed by atoms with van der Waals surface area (Å²) in [6.07, 6.45) is 0. The number of carboxylic acids is 1. The Morgan fingerprint density at radius 2 is 1.86 bits per heavy atom. The van der Waals surface area contributed by atoms with Crippen LogP contribution < -0.4 is 4.74 Å². The summed E-state index contributed by atoms with van der Waals surface area (Å²) in [4.78, 5) is 21.2. The van der Waals surface area contributed by atoms with Crippen molar-refractivity contribution in [2.45, 2.75) is 13.8 Å². The number of aromatic carboxylic acids is 1. The minimum atomic E-state index is -1.01. The van der Waals surface area contributed by atoms with E-state index in [1.165, 1.54) is 24.3 Å². The summed E-state index contributed by atoms with van der Waals surface area (Å²) in [6, 6.07) is 8.90. The molecular weight excluding hydrogens is 274 g/mol. The monoisotopic (exact) mass is 287 g/mol. The van der Waals surface area contributed by atoms with Crippen molar-refractivity contribution in [3.8, 4) is 11.5 Å². The molecule has 0 radical (unpaired) electrons. The van der Waals surface area contributed by atoms with Gasteiger partial charge in [0, 0.05) is 6.07 Å². The molecule has 2 rings (SSSR count). The predicted molar refractivity (Wildman–Crippen MR) is 76.0 cm³/mol. The molecule has 0 spiro atoms. The van der Waals surface area contributed by atoms with Gasteiger partial charge in [0.15, 0.2) is 0 Å². The Morgan fingerprint density at radius 1 is 1.14 bits per heavy atom. The van der Waals surface area contributed by atoms with Gasteiger partial charge >= 0.3 is 5.97 Å². The second kappa shape index (κ2) is 5.62. The van der Waals surface area contributed by atoms with Crippen molar-refractivity contribution in [3.63, 3.8) is 0 Å². The van der Waals surface area contributed by atoms with E-state index in [1.54, 1.807) is 26.0 Å². The normalized spacial score (nSPS) is 10.2. The van der Waals surface area contributed by atoms with Crippen LogP contribution in [0.2, 0.25) is 0 Å².